The number of carbonyl (C=O) groups excluding carboxylic acids is 1. The Hall–Kier alpha value is -2.05. The van der Waals surface area contributed by atoms with E-state index in [1.54, 1.807) is 20.8 Å². The number of amides is 1. The summed E-state index contributed by atoms with van der Waals surface area (Å²) in [5, 5.41) is 13.0. The predicted molar refractivity (Wildman–Crippen MR) is 72.6 cm³/mol. The molecule has 0 bridgehead atoms. The van der Waals surface area contributed by atoms with Gasteiger partial charge in [-0.3, -0.25) is 4.90 Å². The molecule has 0 unspecified atom stereocenters. The number of carboxylic acids is 1. The van der Waals surface area contributed by atoms with Crippen LogP contribution in [0.1, 0.15) is 27.2 Å². The summed E-state index contributed by atoms with van der Waals surface area (Å²) in [6.07, 6.45) is 0.990. The molecule has 1 aliphatic rings. The molecule has 1 rings (SSSR count). The summed E-state index contributed by atoms with van der Waals surface area (Å²) in [5.41, 5.74) is -0.190. The van der Waals surface area contributed by atoms with E-state index >= 15 is 0 Å². The maximum absolute atomic E-state index is 12.0. The van der Waals surface area contributed by atoms with Gasteiger partial charge in [0.15, 0.2) is 0 Å². The Morgan fingerprint density at radius 2 is 2.20 bits per heavy atom. The first-order valence-electron chi connectivity index (χ1n) is 6.25. The minimum absolute atomic E-state index is 0.0863. The molecule has 112 valence electrons. The molecule has 0 aliphatic carbocycles. The molecule has 0 spiro atoms. The smallest absolute Gasteiger partial charge is 0.411 e. The second kappa shape index (κ2) is 6.40. The predicted octanol–water partition coefficient (Wildman–Crippen LogP) is 1.64. The Bertz CT molecular complexity index is 425. The maximum Gasteiger partial charge on any atom is 0.411 e. The quantitative estimate of drug-likeness (QED) is 0.481. The van der Waals surface area contributed by atoms with Gasteiger partial charge < -0.3 is 14.7 Å². The molecule has 1 amide bonds. The molecule has 0 saturated carbocycles. The zero-order valence-electron chi connectivity index (χ0n) is 12.0. The monoisotopic (exact) mass is 284 g/mol. The fourth-order valence-corrected chi connectivity index (χ4v) is 1.69. The van der Waals surface area contributed by atoms with E-state index in [4.69, 9.17) is 14.7 Å². The van der Waals surface area contributed by atoms with Crippen LogP contribution in [0.5, 0.6) is 0 Å². The summed E-state index contributed by atoms with van der Waals surface area (Å²) in [6, 6.07) is -0.976. The van der Waals surface area contributed by atoms with Gasteiger partial charge in [-0.1, -0.05) is 17.8 Å². The molecule has 7 heteroatoms. The fraction of sp³-hybridized carbons (Fsp3) is 0.615. The third-order valence-corrected chi connectivity index (χ3v) is 2.46. The third kappa shape index (κ3) is 4.56. The van der Waals surface area contributed by atoms with E-state index in [0.29, 0.717) is 5.71 Å². The molecule has 0 radical (unpaired) electrons. The Morgan fingerprint density at radius 1 is 1.55 bits per heavy atom. The molecule has 0 aromatic carbocycles. The van der Waals surface area contributed by atoms with Crippen LogP contribution in [-0.4, -0.2) is 52.6 Å². The van der Waals surface area contributed by atoms with Gasteiger partial charge in [0.25, 0.3) is 0 Å². The van der Waals surface area contributed by atoms with Gasteiger partial charge in [0.1, 0.15) is 18.2 Å². The first kappa shape index (κ1) is 16.0. The van der Waals surface area contributed by atoms with Crippen molar-refractivity contribution in [2.45, 2.75) is 38.8 Å². The third-order valence-electron chi connectivity index (χ3n) is 2.46. The summed E-state index contributed by atoms with van der Waals surface area (Å²) >= 11 is 0. The molecular weight excluding hydrogens is 264 g/mol. The van der Waals surface area contributed by atoms with Crippen LogP contribution < -0.4 is 0 Å². The average Bonchev–Trinajstić information content (AvgIpc) is 2.71. The molecule has 20 heavy (non-hydrogen) atoms. The van der Waals surface area contributed by atoms with E-state index < -0.39 is 23.7 Å². The lowest BCUT2D eigenvalue weighted by Gasteiger charge is -2.26. The molecule has 1 atom stereocenters. The Kier molecular flexibility index (Phi) is 5.12. The van der Waals surface area contributed by atoms with Crippen molar-refractivity contribution in [2.24, 2.45) is 5.16 Å². The van der Waals surface area contributed by atoms with Crippen LogP contribution >= 0.6 is 0 Å². The van der Waals surface area contributed by atoms with Crippen molar-refractivity contribution in [1.29, 1.82) is 0 Å². The van der Waals surface area contributed by atoms with E-state index in [2.05, 4.69) is 11.7 Å². The van der Waals surface area contributed by atoms with Gasteiger partial charge in [-0.2, -0.15) is 0 Å². The maximum atomic E-state index is 12.0. The molecule has 1 heterocycles. The van der Waals surface area contributed by atoms with Gasteiger partial charge in [0, 0.05) is 6.42 Å². The van der Waals surface area contributed by atoms with E-state index in [1.807, 2.05) is 0 Å². The lowest BCUT2D eigenvalue weighted by Crippen LogP contribution is -2.43. The Labute approximate surface area is 117 Å². The van der Waals surface area contributed by atoms with Gasteiger partial charge >= 0.3 is 12.1 Å². The van der Waals surface area contributed by atoms with E-state index in [9.17, 15) is 9.59 Å². The second-order valence-electron chi connectivity index (χ2n) is 5.41. The summed E-state index contributed by atoms with van der Waals surface area (Å²) in [5.74, 6) is -1.09. The number of carbonyl (C=O) groups is 2. The minimum atomic E-state index is -1.09. The normalized spacial score (nSPS) is 20.9. The lowest BCUT2D eigenvalue weighted by atomic mass is 10.2. The van der Waals surface area contributed by atoms with Crippen molar-refractivity contribution in [3.63, 3.8) is 0 Å². The van der Waals surface area contributed by atoms with Crippen LogP contribution in [-0.2, 0) is 14.4 Å². The number of ether oxygens (including phenoxy) is 1. The SMILES string of the molecule is C=CCO/N=C1/C[C@@H](C(=O)O)N(C(=O)OC(C)(C)C)C1. The van der Waals surface area contributed by atoms with Crippen molar-refractivity contribution in [1.82, 2.24) is 4.90 Å². The highest BCUT2D eigenvalue weighted by Gasteiger charge is 2.40. The van der Waals surface area contributed by atoms with Crippen LogP contribution in [0.3, 0.4) is 0 Å². The molecule has 0 aromatic rings. The van der Waals surface area contributed by atoms with Crippen LogP contribution in [0, 0.1) is 0 Å². The number of rotatable bonds is 4. The Balaban J connectivity index is 2.77. The summed E-state index contributed by atoms with van der Waals surface area (Å²) < 4.78 is 5.19. The first-order valence-corrected chi connectivity index (χ1v) is 6.25. The van der Waals surface area contributed by atoms with Gasteiger partial charge in [0.05, 0.1) is 12.3 Å². The van der Waals surface area contributed by atoms with Crippen LogP contribution in [0.25, 0.3) is 0 Å². The molecular formula is C13H20N2O5. The average molecular weight is 284 g/mol. The molecule has 1 fully saturated rings. The molecule has 0 aromatic heterocycles. The minimum Gasteiger partial charge on any atom is -0.480 e. The fourth-order valence-electron chi connectivity index (χ4n) is 1.69. The zero-order chi connectivity index (χ0) is 15.3. The van der Waals surface area contributed by atoms with Crippen LogP contribution in [0.2, 0.25) is 0 Å². The number of oxime groups is 1. The lowest BCUT2D eigenvalue weighted by molar-refractivity contribution is -0.142. The van der Waals surface area contributed by atoms with Crippen molar-refractivity contribution < 1.29 is 24.3 Å². The van der Waals surface area contributed by atoms with Crippen LogP contribution in [0.4, 0.5) is 4.79 Å². The highest BCUT2D eigenvalue weighted by molar-refractivity contribution is 5.98. The first-order chi connectivity index (χ1) is 9.24. The number of aliphatic carboxylic acids is 1. The molecule has 7 nitrogen and oxygen atoms in total. The standard InChI is InChI=1S/C13H20N2O5/c1-5-6-19-14-9-7-10(11(16)17)15(8-9)12(18)20-13(2,3)4/h5,10H,1,6-8H2,2-4H3,(H,16,17)/b14-9-/t10-/m0/s1. The van der Waals surface area contributed by atoms with Crippen molar-refractivity contribution in [3.8, 4) is 0 Å². The highest BCUT2D eigenvalue weighted by Crippen LogP contribution is 2.20. The highest BCUT2D eigenvalue weighted by atomic mass is 16.6. The number of hydrogen-bond donors (Lipinski definition) is 1. The van der Waals surface area contributed by atoms with E-state index in [0.717, 1.165) is 4.90 Å². The molecule has 1 aliphatic heterocycles. The number of nitrogens with zero attached hydrogens (tertiary/aromatic N) is 2. The summed E-state index contributed by atoms with van der Waals surface area (Å²) in [4.78, 5) is 29.2. The largest absolute Gasteiger partial charge is 0.480 e. The zero-order valence-corrected chi connectivity index (χ0v) is 12.0. The van der Waals surface area contributed by atoms with E-state index in [1.165, 1.54) is 6.08 Å². The Morgan fingerprint density at radius 3 is 2.70 bits per heavy atom. The number of hydrogen-bond acceptors (Lipinski definition) is 5. The van der Waals surface area contributed by atoms with Gasteiger partial charge in [-0.05, 0) is 20.8 Å². The number of carboxylic acid groups (broad SMARTS) is 1. The summed E-state index contributed by atoms with van der Waals surface area (Å²) in [7, 11) is 0. The van der Waals surface area contributed by atoms with E-state index in [-0.39, 0.29) is 19.6 Å². The number of likely N-dealkylation sites (tertiary alicyclic amines) is 1. The van der Waals surface area contributed by atoms with Crippen molar-refractivity contribution >= 4 is 17.8 Å². The van der Waals surface area contributed by atoms with Crippen molar-refractivity contribution in [3.05, 3.63) is 12.7 Å². The van der Waals surface area contributed by atoms with Gasteiger partial charge in [0.2, 0.25) is 0 Å². The molecule has 1 saturated heterocycles. The van der Waals surface area contributed by atoms with Gasteiger partial charge in [-0.15, -0.1) is 0 Å². The second-order valence-corrected chi connectivity index (χ2v) is 5.41. The summed E-state index contributed by atoms with van der Waals surface area (Å²) in [6.45, 7) is 8.96. The van der Waals surface area contributed by atoms with Crippen molar-refractivity contribution in [2.75, 3.05) is 13.2 Å². The van der Waals surface area contributed by atoms with Gasteiger partial charge in [-0.25, -0.2) is 9.59 Å². The topological polar surface area (TPSA) is 88.4 Å². The molecule has 1 N–H and O–H groups in total. The van der Waals surface area contributed by atoms with Crippen LogP contribution in [0.15, 0.2) is 17.8 Å².